The summed E-state index contributed by atoms with van der Waals surface area (Å²) in [6.07, 6.45) is 17.2. The minimum Gasteiger partial charge on any atom is -0.0916 e. The molecule has 78 valence electrons. The van der Waals surface area contributed by atoms with E-state index in [0.717, 1.165) is 5.92 Å². The van der Waals surface area contributed by atoms with Gasteiger partial charge in [0, 0.05) is 0 Å². The number of rotatable bonds is 4. The highest BCUT2D eigenvalue weighted by atomic mass is 14.3. The van der Waals surface area contributed by atoms with E-state index in [0.29, 0.717) is 5.41 Å². The Morgan fingerprint density at radius 1 is 1.43 bits per heavy atom. The zero-order valence-corrected chi connectivity index (χ0v) is 9.66. The van der Waals surface area contributed by atoms with Crippen LogP contribution in [-0.4, -0.2) is 0 Å². The predicted octanol–water partition coefficient (Wildman–Crippen LogP) is 4.50. The monoisotopic (exact) mass is 190 g/mol. The van der Waals surface area contributed by atoms with E-state index >= 15 is 0 Å². The first-order chi connectivity index (χ1) is 6.75. The molecule has 0 heterocycles. The van der Waals surface area contributed by atoms with Crippen LogP contribution in [-0.2, 0) is 0 Å². The Labute approximate surface area is 88.4 Å². The van der Waals surface area contributed by atoms with Gasteiger partial charge in [0.05, 0.1) is 0 Å². The molecule has 2 atom stereocenters. The highest BCUT2D eigenvalue weighted by Gasteiger charge is 2.30. The summed E-state index contributed by atoms with van der Waals surface area (Å²) in [4.78, 5) is 0. The van der Waals surface area contributed by atoms with Gasteiger partial charge in [0.15, 0.2) is 0 Å². The lowest BCUT2D eigenvalue weighted by Gasteiger charge is -2.36. The van der Waals surface area contributed by atoms with Crippen molar-refractivity contribution in [3.05, 3.63) is 36.5 Å². The van der Waals surface area contributed by atoms with Crippen LogP contribution in [0.4, 0.5) is 0 Å². The largest absolute Gasteiger partial charge is 0.0916 e. The molecule has 1 aliphatic rings. The lowest BCUT2D eigenvalue weighted by atomic mass is 9.68. The topological polar surface area (TPSA) is 0 Å². The minimum absolute atomic E-state index is 0.385. The molecule has 14 heavy (non-hydrogen) atoms. The number of hydrogen-bond acceptors (Lipinski definition) is 0. The van der Waals surface area contributed by atoms with Gasteiger partial charge in [-0.25, -0.2) is 0 Å². The molecule has 0 fully saturated rings. The molecule has 0 N–H and O–H groups in total. The molecule has 0 heteroatoms. The van der Waals surface area contributed by atoms with Crippen LogP contribution in [0.5, 0.6) is 0 Å². The lowest BCUT2D eigenvalue weighted by molar-refractivity contribution is 0.242. The van der Waals surface area contributed by atoms with Crippen LogP contribution in [0.1, 0.15) is 40.0 Å². The van der Waals surface area contributed by atoms with Crippen LogP contribution in [0.2, 0.25) is 0 Å². The van der Waals surface area contributed by atoms with Crippen LogP contribution in [0.25, 0.3) is 0 Å². The van der Waals surface area contributed by atoms with Gasteiger partial charge in [-0.05, 0) is 31.1 Å². The van der Waals surface area contributed by atoms with Crippen LogP contribution >= 0.6 is 0 Å². The third-order valence-corrected chi connectivity index (χ3v) is 3.50. The van der Waals surface area contributed by atoms with Crippen molar-refractivity contribution < 1.29 is 0 Å². The summed E-state index contributed by atoms with van der Waals surface area (Å²) in [6, 6.07) is 0. The van der Waals surface area contributed by atoms with Crippen molar-refractivity contribution in [1.82, 2.24) is 0 Å². The van der Waals surface area contributed by atoms with Gasteiger partial charge >= 0.3 is 0 Å². The Morgan fingerprint density at radius 2 is 2.21 bits per heavy atom. The van der Waals surface area contributed by atoms with Gasteiger partial charge in [-0.2, -0.15) is 0 Å². The summed E-state index contributed by atoms with van der Waals surface area (Å²) in [7, 11) is 0. The predicted molar refractivity (Wildman–Crippen MR) is 64.2 cm³/mol. The van der Waals surface area contributed by atoms with Gasteiger partial charge in [-0.15, -0.1) is 0 Å². The average molecular weight is 190 g/mol. The van der Waals surface area contributed by atoms with Crippen LogP contribution in [0.3, 0.4) is 0 Å². The second-order valence-electron chi connectivity index (χ2n) is 4.31. The fraction of sp³-hybridized carbons (Fsp3) is 0.571. The van der Waals surface area contributed by atoms with Crippen molar-refractivity contribution in [1.29, 1.82) is 0 Å². The van der Waals surface area contributed by atoms with Crippen molar-refractivity contribution in [2.75, 3.05) is 0 Å². The maximum absolute atomic E-state index is 2.40. The summed E-state index contributed by atoms with van der Waals surface area (Å²) in [5, 5.41) is 0. The van der Waals surface area contributed by atoms with E-state index in [1.165, 1.54) is 19.3 Å². The molecule has 2 unspecified atom stereocenters. The van der Waals surface area contributed by atoms with Gasteiger partial charge in [0.2, 0.25) is 0 Å². The van der Waals surface area contributed by atoms with Crippen LogP contribution < -0.4 is 0 Å². The fourth-order valence-electron chi connectivity index (χ4n) is 2.14. The first-order valence-corrected chi connectivity index (χ1v) is 5.70. The van der Waals surface area contributed by atoms with E-state index in [-0.39, 0.29) is 0 Å². The van der Waals surface area contributed by atoms with Gasteiger partial charge in [-0.3, -0.25) is 0 Å². The maximum Gasteiger partial charge on any atom is -0.00206 e. The average Bonchev–Trinajstić information content (AvgIpc) is 2.26. The second-order valence-corrected chi connectivity index (χ2v) is 4.31. The molecule has 0 nitrogen and oxygen atoms in total. The summed E-state index contributed by atoms with van der Waals surface area (Å²) in [5.41, 5.74) is 0.385. The zero-order valence-electron chi connectivity index (χ0n) is 9.66. The zero-order chi connectivity index (χ0) is 10.4. The summed E-state index contributed by atoms with van der Waals surface area (Å²) >= 11 is 0. The van der Waals surface area contributed by atoms with Crippen molar-refractivity contribution in [2.24, 2.45) is 11.3 Å². The molecule has 0 spiro atoms. The Hall–Kier alpha value is -0.780. The Kier molecular flexibility index (Phi) is 4.19. The SMILES string of the molecule is CC=CCC1(C(C)CC)C=CC=CC1. The Balaban J connectivity index is 2.79. The van der Waals surface area contributed by atoms with Crippen LogP contribution in [0.15, 0.2) is 36.5 Å². The van der Waals surface area contributed by atoms with E-state index < -0.39 is 0 Å². The minimum atomic E-state index is 0.385. The van der Waals surface area contributed by atoms with Crippen LogP contribution in [0, 0.1) is 11.3 Å². The fourth-order valence-corrected chi connectivity index (χ4v) is 2.14. The summed E-state index contributed by atoms with van der Waals surface area (Å²) in [5.74, 6) is 0.764. The molecule has 1 rings (SSSR count). The number of allylic oxidation sites excluding steroid dienone is 6. The van der Waals surface area contributed by atoms with Gasteiger partial charge < -0.3 is 0 Å². The van der Waals surface area contributed by atoms with Gasteiger partial charge in [-0.1, -0.05) is 56.7 Å². The first kappa shape index (κ1) is 11.3. The normalized spacial score (nSPS) is 28.5. The molecular weight excluding hydrogens is 168 g/mol. The molecule has 0 aromatic heterocycles. The Bertz CT molecular complexity index is 245. The first-order valence-electron chi connectivity index (χ1n) is 5.70. The van der Waals surface area contributed by atoms with E-state index in [1.54, 1.807) is 0 Å². The highest BCUT2D eigenvalue weighted by molar-refractivity contribution is 5.19. The second kappa shape index (κ2) is 5.19. The number of hydrogen-bond donors (Lipinski definition) is 0. The quantitative estimate of drug-likeness (QED) is 0.572. The third kappa shape index (κ3) is 2.37. The van der Waals surface area contributed by atoms with E-state index in [1.807, 2.05) is 0 Å². The molecule has 0 saturated carbocycles. The molecule has 1 aliphatic carbocycles. The molecule has 0 saturated heterocycles. The van der Waals surface area contributed by atoms with Crippen molar-refractivity contribution in [2.45, 2.75) is 40.0 Å². The third-order valence-electron chi connectivity index (χ3n) is 3.50. The van der Waals surface area contributed by atoms with E-state index in [4.69, 9.17) is 0 Å². The van der Waals surface area contributed by atoms with Crippen molar-refractivity contribution in [3.63, 3.8) is 0 Å². The maximum atomic E-state index is 2.40. The summed E-state index contributed by atoms with van der Waals surface area (Å²) in [6.45, 7) is 6.76. The van der Waals surface area contributed by atoms with Crippen molar-refractivity contribution in [3.8, 4) is 0 Å². The van der Waals surface area contributed by atoms with E-state index in [2.05, 4.69) is 57.2 Å². The van der Waals surface area contributed by atoms with Gasteiger partial charge in [0.1, 0.15) is 0 Å². The standard InChI is InChI=1S/C14H22/c1-4-6-10-14(13(3)5-2)11-8-7-9-12-14/h4,6-9,11,13H,5,10,12H2,1-3H3. The molecule has 0 aromatic carbocycles. The van der Waals surface area contributed by atoms with E-state index in [9.17, 15) is 0 Å². The molecule has 0 aromatic rings. The molecule has 0 amide bonds. The molecule has 0 aliphatic heterocycles. The summed E-state index contributed by atoms with van der Waals surface area (Å²) < 4.78 is 0. The molecular formula is C14H22. The van der Waals surface area contributed by atoms with Crippen molar-refractivity contribution >= 4 is 0 Å². The van der Waals surface area contributed by atoms with Gasteiger partial charge in [0.25, 0.3) is 0 Å². The lowest BCUT2D eigenvalue weighted by Crippen LogP contribution is -2.26. The Morgan fingerprint density at radius 3 is 2.71 bits per heavy atom. The highest BCUT2D eigenvalue weighted by Crippen LogP contribution is 2.41. The molecule has 0 radical (unpaired) electrons. The smallest absolute Gasteiger partial charge is 0.00206 e. The molecule has 0 bridgehead atoms.